The Morgan fingerprint density at radius 1 is 1.24 bits per heavy atom. The zero-order chi connectivity index (χ0) is 12.3. The van der Waals surface area contributed by atoms with Crippen LogP contribution in [0.4, 0.5) is 4.39 Å². The minimum absolute atomic E-state index is 0.322. The Hall–Kier alpha value is -1.39. The highest BCUT2D eigenvalue weighted by molar-refractivity contribution is 7.99. The lowest BCUT2D eigenvalue weighted by Gasteiger charge is -2.11. The number of benzene rings is 1. The topological polar surface area (TPSA) is 33.1 Å². The molecule has 1 heterocycles. The zero-order valence-electron chi connectivity index (χ0n) is 9.30. The van der Waals surface area contributed by atoms with Crippen molar-refractivity contribution >= 4 is 11.8 Å². The fourth-order valence-electron chi connectivity index (χ4n) is 1.53. The molecule has 0 aliphatic carbocycles. The number of nitrogens with zero attached hydrogens (tertiary/aromatic N) is 1. The van der Waals surface area contributed by atoms with Gasteiger partial charge in [0.1, 0.15) is 10.8 Å². The molecule has 1 N–H and O–H groups in total. The molecule has 0 aliphatic rings. The van der Waals surface area contributed by atoms with Crippen molar-refractivity contribution in [2.45, 2.75) is 22.9 Å². The van der Waals surface area contributed by atoms with Gasteiger partial charge >= 0.3 is 0 Å². The van der Waals surface area contributed by atoms with Crippen LogP contribution >= 0.6 is 11.8 Å². The van der Waals surface area contributed by atoms with E-state index in [9.17, 15) is 9.50 Å². The third-order valence-electron chi connectivity index (χ3n) is 2.28. The first-order valence-corrected chi connectivity index (χ1v) is 6.05. The maximum Gasteiger partial charge on any atom is 0.130 e. The number of aromatic nitrogens is 1. The van der Waals surface area contributed by atoms with Gasteiger partial charge < -0.3 is 5.11 Å². The van der Waals surface area contributed by atoms with Crippen molar-refractivity contribution in [3.8, 4) is 0 Å². The molecule has 0 bridgehead atoms. The molecule has 0 amide bonds. The molecule has 2 aromatic rings. The van der Waals surface area contributed by atoms with E-state index in [-0.39, 0.29) is 5.82 Å². The predicted octanol–water partition coefficient (Wildman–Crippen LogP) is 3.43. The maximum atomic E-state index is 13.6. The van der Waals surface area contributed by atoms with Gasteiger partial charge in [0.2, 0.25) is 0 Å². The average Bonchev–Trinajstić information content (AvgIpc) is 2.30. The summed E-state index contributed by atoms with van der Waals surface area (Å²) in [6.07, 6.45) is 0.853. The molecule has 2 nitrogen and oxygen atoms in total. The highest BCUT2D eigenvalue weighted by Crippen LogP contribution is 2.33. The molecule has 0 saturated heterocycles. The summed E-state index contributed by atoms with van der Waals surface area (Å²) in [7, 11) is 0. The van der Waals surface area contributed by atoms with Crippen molar-refractivity contribution in [1.29, 1.82) is 0 Å². The van der Waals surface area contributed by atoms with Crippen molar-refractivity contribution in [2.24, 2.45) is 0 Å². The monoisotopic (exact) mass is 249 g/mol. The van der Waals surface area contributed by atoms with Crippen LogP contribution in [0, 0.1) is 5.82 Å². The Balaban J connectivity index is 2.36. The summed E-state index contributed by atoms with van der Waals surface area (Å²) in [4.78, 5) is 4.86. The second-order valence-corrected chi connectivity index (χ2v) is 4.66. The minimum atomic E-state index is -0.831. The van der Waals surface area contributed by atoms with E-state index in [2.05, 4.69) is 4.98 Å². The van der Waals surface area contributed by atoms with Crippen LogP contribution in [0.25, 0.3) is 0 Å². The van der Waals surface area contributed by atoms with Crippen molar-refractivity contribution < 1.29 is 9.50 Å². The molecule has 88 valence electrons. The van der Waals surface area contributed by atoms with E-state index in [0.717, 1.165) is 5.03 Å². The van der Waals surface area contributed by atoms with Crippen LogP contribution in [0.2, 0.25) is 0 Å². The van der Waals surface area contributed by atoms with E-state index in [4.69, 9.17) is 0 Å². The third-order valence-corrected chi connectivity index (χ3v) is 3.31. The Labute approximate surface area is 104 Å². The Morgan fingerprint density at radius 3 is 2.71 bits per heavy atom. The Morgan fingerprint density at radius 2 is 2.06 bits per heavy atom. The second-order valence-electron chi connectivity index (χ2n) is 3.60. The molecule has 0 unspecified atom stereocenters. The van der Waals surface area contributed by atoms with E-state index < -0.39 is 6.10 Å². The average molecular weight is 249 g/mol. The number of pyridine rings is 1. The molecule has 1 atom stereocenters. The number of halogens is 1. The largest absolute Gasteiger partial charge is 0.389 e. The van der Waals surface area contributed by atoms with Gasteiger partial charge in [0.05, 0.1) is 6.10 Å². The molecule has 0 fully saturated rings. The molecule has 17 heavy (non-hydrogen) atoms. The number of aliphatic hydroxyl groups excluding tert-OH is 1. The summed E-state index contributed by atoms with van der Waals surface area (Å²) in [6.45, 7) is 1.56. The summed E-state index contributed by atoms with van der Waals surface area (Å²) in [5.74, 6) is -0.388. The third kappa shape index (κ3) is 2.84. The molecule has 0 saturated carbocycles. The van der Waals surface area contributed by atoms with E-state index >= 15 is 0 Å². The SMILES string of the molecule is C[C@H](O)c1c(F)cccc1Sc1ccccn1. The lowest BCUT2D eigenvalue weighted by atomic mass is 10.1. The van der Waals surface area contributed by atoms with Gasteiger partial charge in [-0.25, -0.2) is 9.37 Å². The standard InChI is InChI=1S/C13H12FNOS/c1-9(16)13-10(14)5-4-6-11(13)17-12-7-2-3-8-15-12/h2-9,16H,1H3/t9-/m0/s1. The number of rotatable bonds is 3. The number of hydrogen-bond acceptors (Lipinski definition) is 3. The first-order valence-electron chi connectivity index (χ1n) is 5.24. The summed E-state index contributed by atoms with van der Waals surface area (Å²) >= 11 is 1.35. The number of hydrogen-bond donors (Lipinski definition) is 1. The summed E-state index contributed by atoms with van der Waals surface area (Å²) in [5.41, 5.74) is 0.322. The van der Waals surface area contributed by atoms with Crippen LogP contribution in [0.1, 0.15) is 18.6 Å². The highest BCUT2D eigenvalue weighted by Gasteiger charge is 2.14. The van der Waals surface area contributed by atoms with E-state index in [1.54, 1.807) is 25.3 Å². The molecule has 4 heteroatoms. The van der Waals surface area contributed by atoms with Crippen molar-refractivity contribution in [3.63, 3.8) is 0 Å². The number of aliphatic hydroxyl groups is 1. The molecular formula is C13H12FNOS. The van der Waals surface area contributed by atoms with Gasteiger partial charge in [0.15, 0.2) is 0 Å². The van der Waals surface area contributed by atoms with Gasteiger partial charge in [-0.3, -0.25) is 0 Å². The van der Waals surface area contributed by atoms with E-state index in [1.807, 2.05) is 18.2 Å². The van der Waals surface area contributed by atoms with E-state index in [0.29, 0.717) is 10.5 Å². The molecule has 2 rings (SSSR count). The summed E-state index contributed by atoms with van der Waals surface area (Å²) < 4.78 is 13.6. The van der Waals surface area contributed by atoms with Crippen LogP contribution in [-0.4, -0.2) is 10.1 Å². The van der Waals surface area contributed by atoms with Gasteiger partial charge in [0, 0.05) is 16.7 Å². The maximum absolute atomic E-state index is 13.6. The lowest BCUT2D eigenvalue weighted by Crippen LogP contribution is -1.98. The van der Waals surface area contributed by atoms with Crippen molar-refractivity contribution in [3.05, 3.63) is 54.0 Å². The van der Waals surface area contributed by atoms with Crippen LogP contribution in [0.3, 0.4) is 0 Å². The minimum Gasteiger partial charge on any atom is -0.389 e. The quantitative estimate of drug-likeness (QED) is 0.904. The molecule has 0 spiro atoms. The normalized spacial score (nSPS) is 12.4. The van der Waals surface area contributed by atoms with Gasteiger partial charge in [0.25, 0.3) is 0 Å². The molecule has 0 radical (unpaired) electrons. The molecule has 0 aliphatic heterocycles. The molecular weight excluding hydrogens is 237 g/mol. The highest BCUT2D eigenvalue weighted by atomic mass is 32.2. The summed E-state index contributed by atoms with van der Waals surface area (Å²) in [6, 6.07) is 10.3. The molecule has 1 aromatic carbocycles. The van der Waals surface area contributed by atoms with Crippen LogP contribution < -0.4 is 0 Å². The first-order chi connectivity index (χ1) is 8.18. The molecule has 1 aromatic heterocycles. The second kappa shape index (κ2) is 5.29. The fraction of sp³-hybridized carbons (Fsp3) is 0.154. The van der Waals surface area contributed by atoms with Gasteiger partial charge in [-0.05, 0) is 31.2 Å². The van der Waals surface area contributed by atoms with E-state index in [1.165, 1.54) is 17.8 Å². The van der Waals surface area contributed by atoms with Crippen LogP contribution in [0.15, 0.2) is 52.5 Å². The van der Waals surface area contributed by atoms with Gasteiger partial charge in [-0.15, -0.1) is 0 Å². The van der Waals surface area contributed by atoms with Crippen LogP contribution in [-0.2, 0) is 0 Å². The zero-order valence-corrected chi connectivity index (χ0v) is 10.1. The first kappa shape index (κ1) is 12.1. The van der Waals surface area contributed by atoms with Crippen molar-refractivity contribution in [2.75, 3.05) is 0 Å². The lowest BCUT2D eigenvalue weighted by molar-refractivity contribution is 0.191. The fourth-order valence-corrected chi connectivity index (χ4v) is 2.54. The van der Waals surface area contributed by atoms with Crippen LogP contribution in [0.5, 0.6) is 0 Å². The smallest absolute Gasteiger partial charge is 0.130 e. The Bertz CT molecular complexity index is 502. The summed E-state index contributed by atoms with van der Waals surface area (Å²) in [5, 5.41) is 10.4. The predicted molar refractivity (Wildman–Crippen MR) is 65.4 cm³/mol. The van der Waals surface area contributed by atoms with Crippen molar-refractivity contribution in [1.82, 2.24) is 4.98 Å². The van der Waals surface area contributed by atoms with Gasteiger partial charge in [-0.1, -0.05) is 23.9 Å². The van der Waals surface area contributed by atoms with Gasteiger partial charge in [-0.2, -0.15) is 0 Å². The Kier molecular flexibility index (Phi) is 3.76.